The van der Waals surface area contributed by atoms with Crippen LogP contribution in [0, 0.1) is 11.7 Å². The number of aromatic nitrogens is 1. The fourth-order valence-corrected chi connectivity index (χ4v) is 4.07. The number of hydrogen-bond donors (Lipinski definition) is 1. The number of pyridine rings is 1. The summed E-state index contributed by atoms with van der Waals surface area (Å²) >= 11 is 0. The quantitative estimate of drug-likeness (QED) is 0.717. The average Bonchev–Trinajstić information content (AvgIpc) is 3.44. The van der Waals surface area contributed by atoms with Crippen LogP contribution in [0.25, 0.3) is 5.52 Å². The minimum Gasteiger partial charge on any atom is -0.355 e. The molecule has 2 aromatic heterocycles. The molecule has 2 aliphatic rings. The van der Waals surface area contributed by atoms with E-state index in [9.17, 15) is 9.18 Å². The normalized spacial score (nSPS) is 17.6. The molecule has 0 atom stereocenters. The third-order valence-electron chi connectivity index (χ3n) is 5.88. The molecular weight excluding hydrogens is 367 g/mol. The number of nitrogens with zero attached hydrogens (tertiary/aromatic N) is 3. The number of carbonyl (C=O) groups is 1. The van der Waals surface area contributed by atoms with Crippen molar-refractivity contribution < 1.29 is 9.18 Å². The molecule has 0 bridgehead atoms. The fraction of sp³-hybridized carbons (Fsp3) is 0.348. The zero-order chi connectivity index (χ0) is 19.8. The molecule has 1 aliphatic heterocycles. The lowest BCUT2D eigenvalue weighted by Gasteiger charge is -2.35. The zero-order valence-corrected chi connectivity index (χ0v) is 16.4. The number of nitrogens with one attached hydrogen (secondary N) is 1. The van der Waals surface area contributed by atoms with Crippen molar-refractivity contribution in [2.75, 3.05) is 42.9 Å². The molecule has 1 amide bonds. The number of anilines is 2. The first-order chi connectivity index (χ1) is 14.2. The van der Waals surface area contributed by atoms with Crippen molar-refractivity contribution in [1.29, 1.82) is 0 Å². The van der Waals surface area contributed by atoms with Crippen LogP contribution >= 0.6 is 0 Å². The van der Waals surface area contributed by atoms with Crippen LogP contribution in [0.2, 0.25) is 0 Å². The monoisotopic (exact) mass is 392 g/mol. The van der Waals surface area contributed by atoms with Gasteiger partial charge in [-0.25, -0.2) is 4.39 Å². The van der Waals surface area contributed by atoms with Gasteiger partial charge >= 0.3 is 0 Å². The lowest BCUT2D eigenvalue weighted by Crippen LogP contribution is -2.47. The summed E-state index contributed by atoms with van der Waals surface area (Å²) in [4.78, 5) is 17.6. The molecule has 2 fully saturated rings. The number of benzene rings is 1. The number of fused-ring (bicyclic) bond motifs is 1. The van der Waals surface area contributed by atoms with E-state index in [1.54, 1.807) is 18.2 Å². The van der Waals surface area contributed by atoms with Gasteiger partial charge in [-0.3, -0.25) is 9.69 Å². The largest absolute Gasteiger partial charge is 0.355 e. The Kier molecular flexibility index (Phi) is 4.72. The van der Waals surface area contributed by atoms with Crippen LogP contribution in [0.4, 0.5) is 15.9 Å². The Bertz CT molecular complexity index is 1030. The van der Waals surface area contributed by atoms with E-state index in [4.69, 9.17) is 0 Å². The van der Waals surface area contributed by atoms with E-state index in [0.717, 1.165) is 43.4 Å². The van der Waals surface area contributed by atoms with Crippen LogP contribution in [-0.4, -0.2) is 47.9 Å². The molecule has 0 radical (unpaired) electrons. The van der Waals surface area contributed by atoms with Gasteiger partial charge in [0.25, 0.3) is 5.91 Å². The predicted molar refractivity (Wildman–Crippen MR) is 113 cm³/mol. The smallest absolute Gasteiger partial charge is 0.257 e. The van der Waals surface area contributed by atoms with Gasteiger partial charge in [-0.2, -0.15) is 0 Å². The van der Waals surface area contributed by atoms with Crippen molar-refractivity contribution in [2.45, 2.75) is 12.8 Å². The lowest BCUT2D eigenvalue weighted by atomic mass is 10.2. The van der Waals surface area contributed by atoms with Crippen molar-refractivity contribution in [3.05, 3.63) is 66.1 Å². The maximum Gasteiger partial charge on any atom is 0.257 e. The van der Waals surface area contributed by atoms with E-state index in [-0.39, 0.29) is 11.7 Å². The van der Waals surface area contributed by atoms with Crippen molar-refractivity contribution in [1.82, 2.24) is 9.30 Å². The Morgan fingerprint density at radius 3 is 2.59 bits per heavy atom. The van der Waals surface area contributed by atoms with E-state index in [1.807, 2.05) is 12.3 Å². The average molecular weight is 392 g/mol. The molecule has 0 spiro atoms. The minimum absolute atomic E-state index is 0.244. The van der Waals surface area contributed by atoms with Gasteiger partial charge in [-0.1, -0.05) is 6.07 Å². The topological polar surface area (TPSA) is 40.0 Å². The fourth-order valence-electron chi connectivity index (χ4n) is 4.07. The summed E-state index contributed by atoms with van der Waals surface area (Å²) in [5, 5.41) is 2.77. The number of piperazine rings is 1. The highest BCUT2D eigenvalue weighted by atomic mass is 19.1. The maximum atomic E-state index is 13.4. The van der Waals surface area contributed by atoms with Gasteiger partial charge in [0.05, 0.1) is 5.56 Å². The molecule has 1 N–H and O–H groups in total. The number of rotatable bonds is 5. The number of halogens is 1. The summed E-state index contributed by atoms with van der Waals surface area (Å²) < 4.78 is 15.5. The Balaban J connectivity index is 1.32. The van der Waals surface area contributed by atoms with E-state index in [0.29, 0.717) is 11.3 Å². The molecular formula is C23H25FN4O. The van der Waals surface area contributed by atoms with Crippen LogP contribution in [-0.2, 0) is 0 Å². The first kappa shape index (κ1) is 18.2. The van der Waals surface area contributed by atoms with E-state index < -0.39 is 0 Å². The van der Waals surface area contributed by atoms with Gasteiger partial charge in [-0.05, 0) is 61.2 Å². The summed E-state index contributed by atoms with van der Waals surface area (Å²) in [7, 11) is 0. The molecule has 150 valence electrons. The number of hydrogen-bond acceptors (Lipinski definition) is 3. The molecule has 3 aromatic rings. The summed E-state index contributed by atoms with van der Waals surface area (Å²) in [6.45, 7) is 5.41. The van der Waals surface area contributed by atoms with Crippen LogP contribution in [0.3, 0.4) is 0 Å². The van der Waals surface area contributed by atoms with Crippen molar-refractivity contribution in [2.24, 2.45) is 5.92 Å². The Morgan fingerprint density at radius 1 is 1.03 bits per heavy atom. The first-order valence-corrected chi connectivity index (χ1v) is 10.3. The standard InChI is InChI=1S/C23H25FN4O/c24-19-2-1-3-20(14-19)25-23(29)18-6-7-21-8-9-22(28(21)16-18)27-12-10-26(11-13-27)15-17-4-5-17/h1-3,6-9,14,16-17H,4-5,10-13,15H2,(H,25,29). The minimum atomic E-state index is -0.369. The molecule has 5 nitrogen and oxygen atoms in total. The maximum absolute atomic E-state index is 13.4. The van der Waals surface area contributed by atoms with Crippen LogP contribution in [0.5, 0.6) is 0 Å². The SMILES string of the molecule is O=C(Nc1cccc(F)c1)c1ccc2ccc(N3CCN(CC4CC4)CC3)n2c1. The second-order valence-corrected chi connectivity index (χ2v) is 8.10. The molecule has 1 saturated heterocycles. The van der Waals surface area contributed by atoms with Crippen LogP contribution in [0.1, 0.15) is 23.2 Å². The first-order valence-electron chi connectivity index (χ1n) is 10.3. The molecule has 0 unspecified atom stereocenters. The van der Waals surface area contributed by atoms with Crippen molar-refractivity contribution >= 4 is 22.9 Å². The second-order valence-electron chi connectivity index (χ2n) is 8.10. The Morgan fingerprint density at radius 2 is 1.83 bits per heavy atom. The van der Waals surface area contributed by atoms with Crippen molar-refractivity contribution in [3.63, 3.8) is 0 Å². The zero-order valence-electron chi connectivity index (χ0n) is 16.4. The van der Waals surface area contributed by atoms with E-state index in [2.05, 4.69) is 31.7 Å². The summed E-state index contributed by atoms with van der Waals surface area (Å²) in [6.07, 6.45) is 4.66. The van der Waals surface area contributed by atoms with Gasteiger partial charge in [0.15, 0.2) is 0 Å². The third-order valence-corrected chi connectivity index (χ3v) is 5.88. The predicted octanol–water partition coefficient (Wildman–Crippen LogP) is 3.86. The molecule has 3 heterocycles. The van der Waals surface area contributed by atoms with Gasteiger partial charge in [0.2, 0.25) is 0 Å². The van der Waals surface area contributed by atoms with E-state index in [1.165, 1.54) is 31.5 Å². The number of carbonyl (C=O) groups excluding carboxylic acids is 1. The molecule has 1 aromatic carbocycles. The summed E-state index contributed by atoms with van der Waals surface area (Å²) in [6, 6.07) is 13.9. The van der Waals surface area contributed by atoms with Gasteiger partial charge in [0.1, 0.15) is 11.6 Å². The highest BCUT2D eigenvalue weighted by Gasteiger charge is 2.27. The molecule has 1 saturated carbocycles. The van der Waals surface area contributed by atoms with Gasteiger partial charge in [-0.15, -0.1) is 0 Å². The van der Waals surface area contributed by atoms with E-state index >= 15 is 0 Å². The molecule has 5 rings (SSSR count). The second kappa shape index (κ2) is 7.52. The van der Waals surface area contributed by atoms with Gasteiger partial charge < -0.3 is 14.6 Å². The Labute approximate surface area is 169 Å². The molecule has 6 heteroatoms. The highest BCUT2D eigenvalue weighted by molar-refractivity contribution is 6.04. The molecule has 1 aliphatic carbocycles. The lowest BCUT2D eigenvalue weighted by molar-refractivity contribution is 0.102. The Hall–Kier alpha value is -2.86. The van der Waals surface area contributed by atoms with Crippen molar-refractivity contribution in [3.8, 4) is 0 Å². The van der Waals surface area contributed by atoms with Gasteiger partial charge in [0, 0.05) is 50.1 Å². The summed E-state index contributed by atoms with van der Waals surface area (Å²) in [5.74, 6) is 1.43. The van der Waals surface area contributed by atoms with Crippen LogP contribution < -0.4 is 10.2 Å². The third kappa shape index (κ3) is 3.98. The summed E-state index contributed by atoms with van der Waals surface area (Å²) in [5.41, 5.74) is 2.06. The van der Waals surface area contributed by atoms with Crippen LogP contribution in [0.15, 0.2) is 54.7 Å². The molecule has 29 heavy (non-hydrogen) atoms. The number of amides is 1. The highest BCUT2D eigenvalue weighted by Crippen LogP contribution is 2.30.